The minimum atomic E-state index is -0.161. The zero-order valence-corrected chi connectivity index (χ0v) is 14.2. The lowest BCUT2D eigenvalue weighted by Crippen LogP contribution is -2.20. The monoisotopic (exact) mass is 342 g/mol. The van der Waals surface area contributed by atoms with E-state index in [9.17, 15) is 4.79 Å². The van der Waals surface area contributed by atoms with E-state index in [0.717, 1.165) is 37.4 Å². The van der Waals surface area contributed by atoms with Gasteiger partial charge in [0, 0.05) is 37.6 Å². The molecule has 3 aromatic heterocycles. The first-order valence-electron chi connectivity index (χ1n) is 7.90. The fourth-order valence-corrected chi connectivity index (χ4v) is 3.83. The van der Waals surface area contributed by atoms with Gasteiger partial charge in [-0.25, -0.2) is 14.5 Å². The Kier molecular flexibility index (Phi) is 3.99. The summed E-state index contributed by atoms with van der Waals surface area (Å²) in [7, 11) is 1.61. The summed E-state index contributed by atoms with van der Waals surface area (Å²) in [4.78, 5) is 23.0. The van der Waals surface area contributed by atoms with Crippen LogP contribution in [0.15, 0.2) is 29.4 Å². The van der Waals surface area contributed by atoms with Gasteiger partial charge in [-0.3, -0.25) is 9.69 Å². The summed E-state index contributed by atoms with van der Waals surface area (Å²) in [6.45, 7) is 2.89. The molecule has 0 spiro atoms. The minimum absolute atomic E-state index is 0.161. The molecule has 1 N–H and O–H groups in total. The van der Waals surface area contributed by atoms with Crippen molar-refractivity contribution in [2.24, 2.45) is 0 Å². The van der Waals surface area contributed by atoms with Crippen molar-refractivity contribution < 1.29 is 4.79 Å². The lowest BCUT2D eigenvalue weighted by molar-refractivity contribution is 0.0964. The topological polar surface area (TPSA) is 75.4 Å². The number of nitrogens with zero attached hydrogens (tertiary/aromatic N) is 5. The first kappa shape index (κ1) is 15.2. The molecular formula is C16H18N6OS. The summed E-state index contributed by atoms with van der Waals surface area (Å²) < 4.78 is 1.81. The second kappa shape index (κ2) is 6.29. The van der Waals surface area contributed by atoms with Crippen molar-refractivity contribution in [3.63, 3.8) is 0 Å². The zero-order valence-electron chi connectivity index (χ0n) is 13.3. The fraction of sp³-hybridized carbons (Fsp3) is 0.375. The van der Waals surface area contributed by atoms with Gasteiger partial charge in [-0.05, 0) is 19.0 Å². The Morgan fingerprint density at radius 1 is 1.46 bits per heavy atom. The highest BCUT2D eigenvalue weighted by Gasteiger charge is 2.27. The summed E-state index contributed by atoms with van der Waals surface area (Å²) in [5.74, 6) is 0.220. The van der Waals surface area contributed by atoms with E-state index in [2.05, 4.69) is 30.7 Å². The maximum absolute atomic E-state index is 11.9. The molecule has 0 saturated carbocycles. The molecule has 1 saturated heterocycles. The molecule has 1 amide bonds. The van der Waals surface area contributed by atoms with Gasteiger partial charge >= 0.3 is 0 Å². The summed E-state index contributed by atoms with van der Waals surface area (Å²) in [6.07, 6.45) is 4.42. The smallest absolute Gasteiger partial charge is 0.256 e. The van der Waals surface area contributed by atoms with E-state index in [1.54, 1.807) is 30.8 Å². The van der Waals surface area contributed by atoms with Crippen LogP contribution in [0, 0.1) is 0 Å². The van der Waals surface area contributed by atoms with E-state index >= 15 is 0 Å². The molecule has 1 atom stereocenters. The Morgan fingerprint density at radius 3 is 3.17 bits per heavy atom. The zero-order chi connectivity index (χ0) is 16.5. The van der Waals surface area contributed by atoms with Gasteiger partial charge in [-0.1, -0.05) is 0 Å². The number of fused-ring (bicyclic) bond motifs is 1. The maximum Gasteiger partial charge on any atom is 0.256 e. The predicted octanol–water partition coefficient (Wildman–Crippen LogP) is 1.53. The lowest BCUT2D eigenvalue weighted by Gasteiger charge is -2.15. The second-order valence-electron chi connectivity index (χ2n) is 5.94. The van der Waals surface area contributed by atoms with Crippen LogP contribution < -0.4 is 5.32 Å². The van der Waals surface area contributed by atoms with Gasteiger partial charge in [0.2, 0.25) is 0 Å². The van der Waals surface area contributed by atoms with Crippen LogP contribution in [0.2, 0.25) is 0 Å². The fourth-order valence-electron chi connectivity index (χ4n) is 3.28. The first-order chi connectivity index (χ1) is 11.8. The summed E-state index contributed by atoms with van der Waals surface area (Å²) in [5, 5.41) is 9.13. The third-order valence-corrected chi connectivity index (χ3v) is 5.10. The number of hydrogen-bond donors (Lipinski definition) is 1. The molecule has 3 aromatic rings. The van der Waals surface area contributed by atoms with Crippen molar-refractivity contribution in [3.05, 3.63) is 46.3 Å². The summed E-state index contributed by atoms with van der Waals surface area (Å²) in [5.41, 5.74) is 5.23. The molecule has 0 radical (unpaired) electrons. The number of rotatable bonds is 4. The number of thiazole rings is 1. The Balaban J connectivity index is 1.58. The summed E-state index contributed by atoms with van der Waals surface area (Å²) >= 11 is 1.63. The molecule has 4 heterocycles. The van der Waals surface area contributed by atoms with Crippen molar-refractivity contribution in [2.75, 3.05) is 20.1 Å². The molecule has 24 heavy (non-hydrogen) atoms. The van der Waals surface area contributed by atoms with Gasteiger partial charge in [-0.2, -0.15) is 5.10 Å². The van der Waals surface area contributed by atoms with Gasteiger partial charge in [0.1, 0.15) is 5.56 Å². The first-order valence-corrected chi connectivity index (χ1v) is 8.84. The number of hydrogen-bond acceptors (Lipinski definition) is 6. The third kappa shape index (κ3) is 2.67. The maximum atomic E-state index is 11.9. The van der Waals surface area contributed by atoms with E-state index in [0.29, 0.717) is 17.1 Å². The van der Waals surface area contributed by atoms with Crippen molar-refractivity contribution in [3.8, 4) is 0 Å². The quantitative estimate of drug-likeness (QED) is 0.778. The van der Waals surface area contributed by atoms with Crippen LogP contribution >= 0.6 is 11.3 Å². The van der Waals surface area contributed by atoms with E-state index in [1.807, 2.05) is 16.1 Å². The molecule has 4 rings (SSSR count). The van der Waals surface area contributed by atoms with E-state index in [1.165, 1.54) is 0 Å². The number of aromatic nitrogens is 4. The number of carbonyl (C=O) groups is 1. The highest BCUT2D eigenvalue weighted by Crippen LogP contribution is 2.28. The normalized spacial score (nSPS) is 18.3. The van der Waals surface area contributed by atoms with Crippen LogP contribution in [0.4, 0.5) is 0 Å². The number of nitrogens with one attached hydrogen (secondary N) is 1. The number of likely N-dealkylation sites (tertiary alicyclic amines) is 1. The largest absolute Gasteiger partial charge is 0.355 e. The lowest BCUT2D eigenvalue weighted by atomic mass is 10.0. The van der Waals surface area contributed by atoms with Crippen molar-refractivity contribution in [2.45, 2.75) is 18.9 Å². The number of amides is 1. The van der Waals surface area contributed by atoms with Gasteiger partial charge in [0.05, 0.1) is 23.1 Å². The molecule has 1 aliphatic heterocycles. The predicted molar refractivity (Wildman–Crippen MR) is 91.1 cm³/mol. The van der Waals surface area contributed by atoms with Gasteiger partial charge in [0.15, 0.2) is 5.65 Å². The molecule has 0 aromatic carbocycles. The molecule has 8 heteroatoms. The van der Waals surface area contributed by atoms with Crippen LogP contribution in [0.25, 0.3) is 5.65 Å². The Hall–Kier alpha value is -2.32. The van der Waals surface area contributed by atoms with Gasteiger partial charge in [0.25, 0.3) is 5.91 Å². The Morgan fingerprint density at radius 2 is 2.38 bits per heavy atom. The molecule has 0 unspecified atom stereocenters. The van der Waals surface area contributed by atoms with E-state index in [4.69, 9.17) is 0 Å². The number of carbonyl (C=O) groups excluding carboxylic acids is 1. The standard InChI is InChI=1S/C16H18N6OS/c1-17-16(23)13-6-20-22-14(2-4-18-15(13)22)11-3-5-21(7-11)8-12-9-24-10-19-12/h2,4,6,9-11H,3,5,7-8H2,1H3,(H,17,23)/t11-/m1/s1. The van der Waals surface area contributed by atoms with Crippen molar-refractivity contribution in [1.29, 1.82) is 0 Å². The van der Waals surface area contributed by atoms with Crippen LogP contribution in [0.5, 0.6) is 0 Å². The highest BCUT2D eigenvalue weighted by atomic mass is 32.1. The SMILES string of the molecule is CNC(=O)c1cnn2c([C@@H]3CCN(Cc4cscn4)C3)ccnc12. The second-order valence-corrected chi connectivity index (χ2v) is 6.66. The molecule has 0 bridgehead atoms. The van der Waals surface area contributed by atoms with Crippen molar-refractivity contribution in [1.82, 2.24) is 29.8 Å². The van der Waals surface area contributed by atoms with Crippen LogP contribution in [0.1, 0.15) is 34.1 Å². The molecule has 1 aliphatic rings. The van der Waals surface area contributed by atoms with Crippen LogP contribution in [0.3, 0.4) is 0 Å². The molecule has 7 nitrogen and oxygen atoms in total. The molecule has 124 valence electrons. The Labute approximate surface area is 143 Å². The molecule has 0 aliphatic carbocycles. The van der Waals surface area contributed by atoms with Crippen LogP contribution in [-0.4, -0.2) is 50.5 Å². The highest BCUT2D eigenvalue weighted by molar-refractivity contribution is 7.07. The van der Waals surface area contributed by atoms with E-state index < -0.39 is 0 Å². The van der Waals surface area contributed by atoms with Gasteiger partial charge < -0.3 is 5.32 Å². The third-order valence-electron chi connectivity index (χ3n) is 4.46. The Bertz CT molecular complexity index is 859. The van der Waals surface area contributed by atoms with Gasteiger partial charge in [-0.15, -0.1) is 11.3 Å². The average molecular weight is 342 g/mol. The molecular weight excluding hydrogens is 324 g/mol. The van der Waals surface area contributed by atoms with Crippen LogP contribution in [-0.2, 0) is 6.54 Å². The summed E-state index contributed by atoms with van der Waals surface area (Å²) in [6, 6.07) is 2.00. The van der Waals surface area contributed by atoms with Crippen molar-refractivity contribution >= 4 is 22.9 Å². The average Bonchev–Trinajstić information content (AvgIpc) is 3.34. The van der Waals surface area contributed by atoms with E-state index in [-0.39, 0.29) is 5.91 Å². The molecule has 1 fully saturated rings. The minimum Gasteiger partial charge on any atom is -0.355 e.